The van der Waals surface area contributed by atoms with Crippen LogP contribution in [0.4, 0.5) is 0 Å². The first kappa shape index (κ1) is 21.1. The molecule has 5 rings (SSSR count). The Morgan fingerprint density at radius 2 is 1.75 bits per heavy atom. The smallest absolute Gasteiger partial charge is 0.285 e. The Morgan fingerprint density at radius 3 is 2.59 bits per heavy atom. The predicted molar refractivity (Wildman–Crippen MR) is 122 cm³/mol. The van der Waals surface area contributed by atoms with Crippen LogP contribution in [0.5, 0.6) is 0 Å². The largest absolute Gasteiger partial charge is 0.355 e. The van der Waals surface area contributed by atoms with Crippen LogP contribution in [0, 0.1) is 5.92 Å². The number of benzene rings is 1. The maximum absolute atomic E-state index is 13.7. The van der Waals surface area contributed by atoms with Gasteiger partial charge < -0.3 is 9.80 Å². The lowest BCUT2D eigenvalue weighted by Gasteiger charge is -2.38. The maximum atomic E-state index is 13.7. The van der Waals surface area contributed by atoms with Gasteiger partial charge in [-0.25, -0.2) is 0 Å². The minimum Gasteiger partial charge on any atom is -0.355 e. The molecule has 3 aliphatic rings. The molecule has 168 valence electrons. The number of pyridine rings is 1. The molecule has 2 unspecified atom stereocenters. The second kappa shape index (κ2) is 8.65. The van der Waals surface area contributed by atoms with E-state index in [1.807, 2.05) is 23.1 Å². The van der Waals surface area contributed by atoms with Crippen LogP contribution in [0.1, 0.15) is 55.7 Å². The highest BCUT2D eigenvalue weighted by molar-refractivity contribution is 7.90. The zero-order chi connectivity index (χ0) is 22.1. The van der Waals surface area contributed by atoms with Gasteiger partial charge in [0.1, 0.15) is 4.90 Å². The molecule has 2 fully saturated rings. The number of carbonyl (C=O) groups is 1. The third-order valence-corrected chi connectivity index (χ3v) is 8.13. The second-order valence-corrected chi connectivity index (χ2v) is 10.4. The minimum absolute atomic E-state index is 0.0771. The highest BCUT2D eigenvalue weighted by Crippen LogP contribution is 2.34. The van der Waals surface area contributed by atoms with Crippen molar-refractivity contribution in [1.82, 2.24) is 14.8 Å². The number of fused-ring (bicyclic) bond motifs is 1. The van der Waals surface area contributed by atoms with E-state index in [1.165, 1.54) is 0 Å². The standard InChI is InChI=1S/C24H28N4O3S/c29-24(28-16-5-1-2-9-21(28)18-11-13-25-14-12-18)19-7-6-15-27(17-19)23-20-8-3-4-10-22(20)32(30,31)26-23/h3-4,8,10-14,19,21H,1-2,5-7,9,15-17H2. The number of piperidine rings is 1. The molecule has 8 heteroatoms. The van der Waals surface area contributed by atoms with Crippen LogP contribution in [0.25, 0.3) is 0 Å². The summed E-state index contributed by atoms with van der Waals surface area (Å²) in [5.74, 6) is 0.497. The van der Waals surface area contributed by atoms with Crippen molar-refractivity contribution in [2.45, 2.75) is 49.5 Å². The van der Waals surface area contributed by atoms with Crippen molar-refractivity contribution < 1.29 is 13.2 Å². The van der Waals surface area contributed by atoms with Gasteiger partial charge in [-0.3, -0.25) is 9.78 Å². The highest BCUT2D eigenvalue weighted by Gasteiger charge is 2.38. The molecule has 0 radical (unpaired) electrons. The van der Waals surface area contributed by atoms with E-state index in [2.05, 4.69) is 14.3 Å². The number of likely N-dealkylation sites (tertiary alicyclic amines) is 2. The van der Waals surface area contributed by atoms with Crippen LogP contribution in [0.15, 0.2) is 58.1 Å². The molecule has 2 atom stereocenters. The quantitative estimate of drug-likeness (QED) is 0.698. The van der Waals surface area contributed by atoms with Crippen LogP contribution >= 0.6 is 0 Å². The molecule has 1 aromatic carbocycles. The third kappa shape index (κ3) is 3.92. The van der Waals surface area contributed by atoms with Crippen LogP contribution < -0.4 is 0 Å². The van der Waals surface area contributed by atoms with Crippen molar-refractivity contribution in [3.63, 3.8) is 0 Å². The van der Waals surface area contributed by atoms with Gasteiger partial charge in [-0.15, -0.1) is 4.40 Å². The van der Waals surface area contributed by atoms with E-state index in [1.54, 1.807) is 30.6 Å². The minimum atomic E-state index is -3.67. The number of amidine groups is 1. The van der Waals surface area contributed by atoms with E-state index in [9.17, 15) is 13.2 Å². The fourth-order valence-electron chi connectivity index (χ4n) is 5.23. The third-order valence-electron chi connectivity index (χ3n) is 6.81. The van der Waals surface area contributed by atoms with Crippen molar-refractivity contribution in [2.24, 2.45) is 10.3 Å². The van der Waals surface area contributed by atoms with Gasteiger partial charge in [0.15, 0.2) is 5.84 Å². The SMILES string of the molecule is O=C(C1CCCN(C2=NS(=O)(=O)c3ccccc32)C1)N1CCCCCC1c1ccncc1. The molecule has 2 aromatic rings. The average Bonchev–Trinajstić information content (AvgIpc) is 2.97. The molecular weight excluding hydrogens is 424 g/mol. The number of aromatic nitrogens is 1. The lowest BCUT2D eigenvalue weighted by atomic mass is 9.93. The zero-order valence-electron chi connectivity index (χ0n) is 18.1. The van der Waals surface area contributed by atoms with E-state index in [0.717, 1.165) is 50.6 Å². The fraction of sp³-hybridized carbons (Fsp3) is 0.458. The monoisotopic (exact) mass is 452 g/mol. The van der Waals surface area contributed by atoms with Gasteiger partial charge in [0.2, 0.25) is 5.91 Å². The number of hydrogen-bond acceptors (Lipinski definition) is 5. The number of nitrogens with zero attached hydrogens (tertiary/aromatic N) is 4. The van der Waals surface area contributed by atoms with Crippen molar-refractivity contribution in [2.75, 3.05) is 19.6 Å². The Bertz CT molecular complexity index is 1130. The van der Waals surface area contributed by atoms with Gasteiger partial charge in [0, 0.05) is 37.6 Å². The summed E-state index contributed by atoms with van der Waals surface area (Å²) < 4.78 is 29.1. The fourth-order valence-corrected chi connectivity index (χ4v) is 6.45. The highest BCUT2D eigenvalue weighted by atomic mass is 32.2. The summed E-state index contributed by atoms with van der Waals surface area (Å²) >= 11 is 0. The first-order valence-corrected chi connectivity index (χ1v) is 12.9. The summed E-state index contributed by atoms with van der Waals surface area (Å²) in [6.07, 6.45) is 9.46. The Labute approximate surface area is 189 Å². The Kier molecular flexibility index (Phi) is 5.71. The maximum Gasteiger partial charge on any atom is 0.285 e. The molecule has 1 amide bonds. The van der Waals surface area contributed by atoms with Crippen molar-refractivity contribution in [3.8, 4) is 0 Å². The summed E-state index contributed by atoms with van der Waals surface area (Å²) in [4.78, 5) is 22.2. The molecule has 0 spiro atoms. The molecule has 0 saturated carbocycles. The first-order valence-electron chi connectivity index (χ1n) is 11.4. The summed E-state index contributed by atoms with van der Waals surface area (Å²) in [6, 6.07) is 11.1. The predicted octanol–water partition coefficient (Wildman–Crippen LogP) is 3.39. The van der Waals surface area contributed by atoms with Gasteiger partial charge in [-0.1, -0.05) is 25.0 Å². The van der Waals surface area contributed by atoms with E-state index in [4.69, 9.17) is 0 Å². The molecule has 0 aliphatic carbocycles. The second-order valence-electron chi connectivity index (χ2n) is 8.85. The van der Waals surface area contributed by atoms with Gasteiger partial charge in [-0.05, 0) is 55.5 Å². The van der Waals surface area contributed by atoms with Crippen LogP contribution in [-0.4, -0.2) is 54.6 Å². The van der Waals surface area contributed by atoms with E-state index >= 15 is 0 Å². The molecule has 4 heterocycles. The number of rotatable bonds is 2. The number of amides is 1. The Hall–Kier alpha value is -2.74. The molecule has 1 aromatic heterocycles. The lowest BCUT2D eigenvalue weighted by molar-refractivity contribution is -0.139. The lowest BCUT2D eigenvalue weighted by Crippen LogP contribution is -2.47. The Balaban J connectivity index is 1.39. The number of sulfonamides is 1. The van der Waals surface area contributed by atoms with Gasteiger partial charge in [-0.2, -0.15) is 8.42 Å². The molecule has 3 aliphatic heterocycles. The average molecular weight is 453 g/mol. The molecule has 2 saturated heterocycles. The molecule has 0 bridgehead atoms. The van der Waals surface area contributed by atoms with Gasteiger partial charge in [0.05, 0.1) is 12.0 Å². The number of carbonyl (C=O) groups excluding carboxylic acids is 1. The number of hydrogen-bond donors (Lipinski definition) is 0. The molecular formula is C24H28N4O3S. The summed E-state index contributed by atoms with van der Waals surface area (Å²) in [5, 5.41) is 0. The van der Waals surface area contributed by atoms with Crippen molar-refractivity contribution in [1.29, 1.82) is 0 Å². The van der Waals surface area contributed by atoms with Gasteiger partial charge >= 0.3 is 0 Å². The first-order chi connectivity index (χ1) is 15.5. The van der Waals surface area contributed by atoms with Gasteiger partial charge in [0.25, 0.3) is 10.0 Å². The summed E-state index contributed by atoms with van der Waals surface area (Å²) in [7, 11) is -3.67. The van der Waals surface area contributed by atoms with Crippen LogP contribution in [-0.2, 0) is 14.8 Å². The van der Waals surface area contributed by atoms with E-state index in [-0.39, 0.29) is 22.8 Å². The van der Waals surface area contributed by atoms with E-state index < -0.39 is 10.0 Å². The van der Waals surface area contributed by atoms with Crippen molar-refractivity contribution >= 4 is 21.8 Å². The summed E-state index contributed by atoms with van der Waals surface area (Å²) in [6.45, 7) is 1.97. The zero-order valence-corrected chi connectivity index (χ0v) is 18.9. The van der Waals surface area contributed by atoms with E-state index in [0.29, 0.717) is 24.5 Å². The topological polar surface area (TPSA) is 82.9 Å². The Morgan fingerprint density at radius 1 is 0.938 bits per heavy atom. The van der Waals surface area contributed by atoms with Crippen LogP contribution in [0.2, 0.25) is 0 Å². The van der Waals surface area contributed by atoms with Crippen LogP contribution in [0.3, 0.4) is 0 Å². The molecule has 0 N–H and O–H groups in total. The molecule has 32 heavy (non-hydrogen) atoms. The summed E-state index contributed by atoms with van der Waals surface area (Å²) in [5.41, 5.74) is 1.79. The van der Waals surface area contributed by atoms with Crippen molar-refractivity contribution in [3.05, 3.63) is 59.9 Å². The molecule has 7 nitrogen and oxygen atoms in total. The normalized spacial score (nSPS) is 25.1.